The quantitative estimate of drug-likeness (QED) is 0.814. The Kier molecular flexibility index (Phi) is 4.52. The SMILES string of the molecule is O=C1Cc2cc(C(=O)CN3C[C@H]4CC(Cc5ccccc5)C[C@H]4C3)ccc2N1. The van der Waals surface area contributed by atoms with Crippen LogP contribution in [-0.2, 0) is 17.6 Å². The van der Waals surface area contributed by atoms with Crippen LogP contribution >= 0.6 is 0 Å². The van der Waals surface area contributed by atoms with E-state index in [4.69, 9.17) is 0 Å². The van der Waals surface area contributed by atoms with Crippen molar-refractivity contribution >= 4 is 17.4 Å². The molecule has 1 aliphatic carbocycles. The smallest absolute Gasteiger partial charge is 0.228 e. The second kappa shape index (κ2) is 7.17. The third kappa shape index (κ3) is 3.49. The first-order valence-electron chi connectivity index (χ1n) is 10.4. The molecule has 2 aliphatic heterocycles. The average molecular weight is 374 g/mol. The summed E-state index contributed by atoms with van der Waals surface area (Å²) >= 11 is 0. The Morgan fingerprint density at radius 2 is 1.79 bits per heavy atom. The number of anilines is 1. The summed E-state index contributed by atoms with van der Waals surface area (Å²) in [5.74, 6) is 2.45. The van der Waals surface area contributed by atoms with Crippen LogP contribution in [0.25, 0.3) is 0 Å². The zero-order valence-electron chi connectivity index (χ0n) is 16.1. The number of likely N-dealkylation sites (tertiary alicyclic amines) is 1. The van der Waals surface area contributed by atoms with E-state index in [-0.39, 0.29) is 11.7 Å². The van der Waals surface area contributed by atoms with Gasteiger partial charge in [-0.1, -0.05) is 30.3 Å². The molecule has 0 spiro atoms. The van der Waals surface area contributed by atoms with Gasteiger partial charge in [0.15, 0.2) is 5.78 Å². The largest absolute Gasteiger partial charge is 0.326 e. The van der Waals surface area contributed by atoms with Crippen molar-refractivity contribution in [1.82, 2.24) is 4.90 Å². The zero-order chi connectivity index (χ0) is 19.1. The first-order valence-corrected chi connectivity index (χ1v) is 10.4. The lowest BCUT2D eigenvalue weighted by Gasteiger charge is -2.18. The molecule has 144 valence electrons. The maximum Gasteiger partial charge on any atom is 0.228 e. The molecule has 0 aromatic heterocycles. The molecule has 3 aliphatic rings. The minimum Gasteiger partial charge on any atom is -0.326 e. The van der Waals surface area contributed by atoms with Gasteiger partial charge < -0.3 is 5.32 Å². The topological polar surface area (TPSA) is 49.4 Å². The van der Waals surface area contributed by atoms with Crippen LogP contribution in [0.5, 0.6) is 0 Å². The fraction of sp³-hybridized carbons (Fsp3) is 0.417. The molecule has 2 aromatic rings. The molecule has 0 radical (unpaired) electrons. The van der Waals surface area contributed by atoms with E-state index in [2.05, 4.69) is 40.5 Å². The summed E-state index contributed by atoms with van der Waals surface area (Å²) in [6.07, 6.45) is 4.15. The summed E-state index contributed by atoms with van der Waals surface area (Å²) in [7, 11) is 0. The van der Waals surface area contributed by atoms with Gasteiger partial charge in [0.1, 0.15) is 0 Å². The molecule has 2 fully saturated rings. The molecule has 3 atom stereocenters. The fourth-order valence-corrected chi connectivity index (χ4v) is 5.46. The Balaban J connectivity index is 1.16. The second-order valence-electron chi connectivity index (χ2n) is 8.76. The van der Waals surface area contributed by atoms with Crippen LogP contribution in [0.2, 0.25) is 0 Å². The minimum absolute atomic E-state index is 0.0111. The summed E-state index contributed by atoms with van der Waals surface area (Å²) in [5, 5.41) is 2.82. The van der Waals surface area contributed by atoms with Crippen LogP contribution in [0.1, 0.15) is 34.3 Å². The van der Waals surface area contributed by atoms with Crippen LogP contribution in [0.15, 0.2) is 48.5 Å². The van der Waals surface area contributed by atoms with Gasteiger partial charge in [-0.15, -0.1) is 0 Å². The van der Waals surface area contributed by atoms with E-state index >= 15 is 0 Å². The number of ketones is 1. The Bertz CT molecular complexity index is 894. The van der Waals surface area contributed by atoms with Crippen molar-refractivity contribution in [2.75, 3.05) is 25.0 Å². The Morgan fingerprint density at radius 3 is 2.54 bits per heavy atom. The number of Topliss-reactive ketones (excluding diaryl/α,β-unsaturated/α-hetero) is 1. The van der Waals surface area contributed by atoms with Gasteiger partial charge in [-0.2, -0.15) is 0 Å². The lowest BCUT2D eigenvalue weighted by Crippen LogP contribution is -2.29. The Labute approximate surface area is 165 Å². The summed E-state index contributed by atoms with van der Waals surface area (Å²) in [6.45, 7) is 2.59. The van der Waals surface area contributed by atoms with Crippen molar-refractivity contribution in [3.8, 4) is 0 Å². The third-order valence-electron chi connectivity index (χ3n) is 6.71. The van der Waals surface area contributed by atoms with E-state index in [1.807, 2.05) is 18.2 Å². The number of carbonyl (C=O) groups is 2. The predicted molar refractivity (Wildman–Crippen MR) is 109 cm³/mol. The molecule has 5 rings (SSSR count). The van der Waals surface area contributed by atoms with E-state index in [1.165, 1.54) is 24.8 Å². The van der Waals surface area contributed by atoms with E-state index in [9.17, 15) is 9.59 Å². The third-order valence-corrected chi connectivity index (χ3v) is 6.71. The number of carbonyl (C=O) groups excluding carboxylic acids is 2. The van der Waals surface area contributed by atoms with Gasteiger partial charge in [-0.05, 0) is 66.3 Å². The average Bonchev–Trinajstić information content (AvgIpc) is 3.33. The Morgan fingerprint density at radius 1 is 1.04 bits per heavy atom. The lowest BCUT2D eigenvalue weighted by molar-refractivity contribution is -0.115. The highest BCUT2D eigenvalue weighted by Crippen LogP contribution is 2.42. The molecule has 28 heavy (non-hydrogen) atoms. The standard InChI is InChI=1S/C24H26N2O2/c27-23(18-6-7-22-19(11-18)12-24(28)25-22)15-26-13-20-9-17(10-21(20)14-26)8-16-4-2-1-3-5-16/h1-7,11,17,20-21H,8-10,12-15H2,(H,25,28)/t17?,20-,21+. The minimum atomic E-state index is 0.0111. The van der Waals surface area contributed by atoms with Crippen LogP contribution in [0, 0.1) is 17.8 Å². The van der Waals surface area contributed by atoms with Crippen LogP contribution in [0.4, 0.5) is 5.69 Å². The number of amides is 1. The molecular weight excluding hydrogens is 348 g/mol. The highest BCUT2D eigenvalue weighted by molar-refractivity contribution is 6.02. The number of hydrogen-bond acceptors (Lipinski definition) is 3. The summed E-state index contributed by atoms with van der Waals surface area (Å²) < 4.78 is 0. The van der Waals surface area contributed by atoms with Crippen LogP contribution in [-0.4, -0.2) is 36.2 Å². The van der Waals surface area contributed by atoms with Crippen molar-refractivity contribution in [2.45, 2.75) is 25.7 Å². The second-order valence-corrected chi connectivity index (χ2v) is 8.76. The molecule has 1 unspecified atom stereocenters. The fourth-order valence-electron chi connectivity index (χ4n) is 5.46. The lowest BCUT2D eigenvalue weighted by atomic mass is 9.96. The van der Waals surface area contributed by atoms with Gasteiger partial charge >= 0.3 is 0 Å². The van der Waals surface area contributed by atoms with E-state index in [1.54, 1.807) is 0 Å². The molecule has 4 nitrogen and oxygen atoms in total. The van der Waals surface area contributed by atoms with Crippen LogP contribution in [0.3, 0.4) is 0 Å². The molecule has 1 saturated heterocycles. The molecule has 4 heteroatoms. The maximum absolute atomic E-state index is 12.8. The number of hydrogen-bond donors (Lipinski definition) is 1. The first kappa shape index (κ1) is 17.6. The van der Waals surface area contributed by atoms with Gasteiger partial charge in [-0.25, -0.2) is 0 Å². The van der Waals surface area contributed by atoms with Crippen molar-refractivity contribution < 1.29 is 9.59 Å². The molecular formula is C24H26N2O2. The van der Waals surface area contributed by atoms with Crippen molar-refractivity contribution in [3.05, 3.63) is 65.2 Å². The van der Waals surface area contributed by atoms with Crippen LogP contribution < -0.4 is 5.32 Å². The number of nitrogens with zero attached hydrogens (tertiary/aromatic N) is 1. The summed E-state index contributed by atoms with van der Waals surface area (Å²) in [6, 6.07) is 16.4. The number of nitrogens with one attached hydrogen (secondary N) is 1. The maximum atomic E-state index is 12.8. The van der Waals surface area contributed by atoms with Crippen molar-refractivity contribution in [3.63, 3.8) is 0 Å². The highest BCUT2D eigenvalue weighted by atomic mass is 16.2. The van der Waals surface area contributed by atoms with Crippen molar-refractivity contribution in [1.29, 1.82) is 0 Å². The summed E-state index contributed by atoms with van der Waals surface area (Å²) in [4.78, 5) is 26.6. The van der Waals surface area contributed by atoms with Gasteiger partial charge in [-0.3, -0.25) is 14.5 Å². The van der Waals surface area contributed by atoms with Gasteiger partial charge in [0, 0.05) is 24.3 Å². The Hall–Kier alpha value is -2.46. The van der Waals surface area contributed by atoms with E-state index < -0.39 is 0 Å². The van der Waals surface area contributed by atoms with Gasteiger partial charge in [0.05, 0.1) is 13.0 Å². The molecule has 2 heterocycles. The highest BCUT2D eigenvalue weighted by Gasteiger charge is 2.41. The molecule has 1 saturated carbocycles. The van der Waals surface area contributed by atoms with Gasteiger partial charge in [0.25, 0.3) is 0 Å². The first-order chi connectivity index (χ1) is 13.6. The predicted octanol–water partition coefficient (Wildman–Crippen LogP) is 3.56. The summed E-state index contributed by atoms with van der Waals surface area (Å²) in [5.41, 5.74) is 3.97. The van der Waals surface area contributed by atoms with Gasteiger partial charge in [0.2, 0.25) is 5.91 Å². The number of fused-ring (bicyclic) bond motifs is 2. The molecule has 0 bridgehead atoms. The zero-order valence-corrected chi connectivity index (χ0v) is 16.1. The van der Waals surface area contributed by atoms with Crippen molar-refractivity contribution in [2.24, 2.45) is 17.8 Å². The molecule has 1 amide bonds. The molecule has 2 aromatic carbocycles. The molecule has 1 N–H and O–H groups in total. The van der Waals surface area contributed by atoms with E-state index in [0.717, 1.165) is 47.7 Å². The van der Waals surface area contributed by atoms with E-state index in [0.29, 0.717) is 13.0 Å². The number of rotatable bonds is 5. The number of benzene rings is 2. The normalized spacial score (nSPS) is 26.1. The monoisotopic (exact) mass is 374 g/mol.